The van der Waals surface area contributed by atoms with Gasteiger partial charge in [0.05, 0.1) is 23.1 Å². The van der Waals surface area contributed by atoms with Crippen molar-refractivity contribution in [1.29, 1.82) is 0 Å². The summed E-state index contributed by atoms with van der Waals surface area (Å²) in [6.45, 7) is 2.45. The van der Waals surface area contributed by atoms with Gasteiger partial charge in [-0.1, -0.05) is 18.2 Å². The normalized spacial score (nSPS) is 17.2. The highest BCUT2D eigenvalue weighted by atomic mass is 32.1. The van der Waals surface area contributed by atoms with Crippen molar-refractivity contribution in [3.05, 3.63) is 81.8 Å². The van der Waals surface area contributed by atoms with Gasteiger partial charge in [-0.2, -0.15) is 0 Å². The lowest BCUT2D eigenvalue weighted by atomic mass is 9.95. The van der Waals surface area contributed by atoms with Crippen molar-refractivity contribution in [2.24, 2.45) is 0 Å². The average Bonchev–Trinajstić information content (AvgIpc) is 3.54. The molecule has 1 N–H and O–H groups in total. The lowest BCUT2D eigenvalue weighted by Crippen LogP contribution is -2.31. The first kappa shape index (κ1) is 20.1. The molecule has 1 atom stereocenters. The van der Waals surface area contributed by atoms with Crippen LogP contribution in [0.3, 0.4) is 0 Å². The third-order valence-electron chi connectivity index (χ3n) is 5.32. The summed E-state index contributed by atoms with van der Waals surface area (Å²) in [5, 5.41) is 12.6. The van der Waals surface area contributed by atoms with E-state index < -0.39 is 17.7 Å². The van der Waals surface area contributed by atoms with Crippen molar-refractivity contribution in [2.45, 2.75) is 13.0 Å². The zero-order valence-corrected chi connectivity index (χ0v) is 17.9. The minimum absolute atomic E-state index is 0.0313. The van der Waals surface area contributed by atoms with Crippen LogP contribution in [-0.2, 0) is 4.79 Å². The van der Waals surface area contributed by atoms with E-state index in [2.05, 4.69) is 0 Å². The minimum atomic E-state index is -0.835. The zero-order chi connectivity index (χ0) is 22.2. The molecule has 1 aromatic heterocycles. The van der Waals surface area contributed by atoms with Crippen molar-refractivity contribution < 1.29 is 28.9 Å². The quantitative estimate of drug-likeness (QED) is 0.551. The smallest absolute Gasteiger partial charge is 0.294 e. The molecule has 2 aromatic carbocycles. The molecular weight excluding hydrogens is 430 g/mol. The lowest BCUT2D eigenvalue weighted by molar-refractivity contribution is -0.117. The van der Waals surface area contributed by atoms with E-state index in [4.69, 9.17) is 14.2 Å². The number of nitrogens with zero attached hydrogens (tertiary/aromatic N) is 1. The Hall–Kier alpha value is -3.78. The molecule has 5 rings (SSSR count). The van der Waals surface area contributed by atoms with Crippen LogP contribution in [0.25, 0.3) is 0 Å². The van der Waals surface area contributed by atoms with Crippen LogP contribution in [0, 0.1) is 0 Å². The van der Waals surface area contributed by atoms with Gasteiger partial charge in [0.25, 0.3) is 5.91 Å². The number of amides is 1. The number of ketones is 1. The predicted octanol–water partition coefficient (Wildman–Crippen LogP) is 4.66. The van der Waals surface area contributed by atoms with E-state index in [1.807, 2.05) is 6.92 Å². The second-order valence-electron chi connectivity index (χ2n) is 7.19. The van der Waals surface area contributed by atoms with Crippen LogP contribution in [0.4, 0.5) is 5.69 Å². The molecule has 0 fully saturated rings. The summed E-state index contributed by atoms with van der Waals surface area (Å²) in [5.41, 5.74) is 1.15. The topological polar surface area (TPSA) is 85.3 Å². The summed E-state index contributed by atoms with van der Waals surface area (Å²) >= 11 is 1.26. The SMILES string of the molecule is CCOc1cccc(C2C(C(=O)c3cccs3)=C(O)C(=O)N2c2ccc3c(c2)OCO3)c1. The van der Waals surface area contributed by atoms with E-state index in [9.17, 15) is 14.7 Å². The Morgan fingerprint density at radius 3 is 2.78 bits per heavy atom. The van der Waals surface area contributed by atoms with Crippen molar-refractivity contribution >= 4 is 28.7 Å². The van der Waals surface area contributed by atoms with E-state index in [1.165, 1.54) is 16.2 Å². The standard InChI is InChI=1S/C24H19NO6S/c1-2-29-16-6-3-5-14(11-16)21-20(22(26)19-7-4-10-32-19)23(27)24(28)25(21)15-8-9-17-18(12-15)31-13-30-17/h3-12,21,27H,2,13H2,1H3. The zero-order valence-electron chi connectivity index (χ0n) is 17.1. The molecule has 32 heavy (non-hydrogen) atoms. The first-order valence-electron chi connectivity index (χ1n) is 10.1. The number of hydrogen-bond acceptors (Lipinski definition) is 7. The molecule has 2 aliphatic heterocycles. The molecule has 0 aliphatic carbocycles. The van der Waals surface area contributed by atoms with Crippen LogP contribution in [-0.4, -0.2) is 30.2 Å². The van der Waals surface area contributed by atoms with E-state index in [-0.39, 0.29) is 18.1 Å². The Balaban J connectivity index is 1.65. The number of fused-ring (bicyclic) bond motifs is 1. The van der Waals surface area contributed by atoms with Gasteiger partial charge in [0.1, 0.15) is 5.75 Å². The Morgan fingerprint density at radius 1 is 1.16 bits per heavy atom. The molecule has 7 nitrogen and oxygen atoms in total. The maximum Gasteiger partial charge on any atom is 0.294 e. The van der Waals surface area contributed by atoms with Gasteiger partial charge in [-0.15, -0.1) is 11.3 Å². The number of carbonyl (C=O) groups is 2. The number of aliphatic hydroxyl groups is 1. The average molecular weight is 449 g/mol. The molecule has 2 aliphatic rings. The molecule has 0 saturated heterocycles. The van der Waals surface area contributed by atoms with Crippen LogP contribution in [0.5, 0.6) is 17.2 Å². The van der Waals surface area contributed by atoms with Gasteiger partial charge in [-0.25, -0.2) is 0 Å². The number of hydrogen-bond donors (Lipinski definition) is 1. The van der Waals surface area contributed by atoms with Crippen LogP contribution in [0.1, 0.15) is 28.2 Å². The minimum Gasteiger partial charge on any atom is -0.503 e. The maximum absolute atomic E-state index is 13.4. The second kappa shape index (κ2) is 8.05. The molecule has 1 amide bonds. The number of benzene rings is 2. The monoisotopic (exact) mass is 449 g/mol. The summed E-state index contributed by atoms with van der Waals surface area (Å²) in [4.78, 5) is 28.5. The number of ether oxygens (including phenoxy) is 3. The fourth-order valence-electron chi connectivity index (χ4n) is 3.94. The van der Waals surface area contributed by atoms with Gasteiger partial charge in [0.2, 0.25) is 12.6 Å². The van der Waals surface area contributed by atoms with Gasteiger partial charge >= 0.3 is 0 Å². The van der Waals surface area contributed by atoms with Gasteiger partial charge < -0.3 is 19.3 Å². The van der Waals surface area contributed by atoms with Crippen LogP contribution in [0.2, 0.25) is 0 Å². The van der Waals surface area contributed by atoms with Crippen molar-refractivity contribution in [3.63, 3.8) is 0 Å². The van der Waals surface area contributed by atoms with E-state index in [1.54, 1.807) is 60.0 Å². The first-order chi connectivity index (χ1) is 15.6. The van der Waals surface area contributed by atoms with Gasteiger partial charge in [0.15, 0.2) is 17.3 Å². The molecular formula is C24H19NO6S. The molecule has 0 spiro atoms. The fraction of sp³-hybridized carbons (Fsp3) is 0.167. The summed E-state index contributed by atoms with van der Waals surface area (Å²) in [5.74, 6) is 0.0683. The number of rotatable bonds is 6. The highest BCUT2D eigenvalue weighted by molar-refractivity contribution is 7.12. The molecule has 1 unspecified atom stereocenters. The molecule has 0 radical (unpaired) electrons. The van der Waals surface area contributed by atoms with E-state index in [0.29, 0.717) is 40.0 Å². The van der Waals surface area contributed by atoms with Gasteiger partial charge in [-0.05, 0) is 48.2 Å². The number of Topliss-reactive ketones (excluding diaryl/α,β-unsaturated/α-hetero) is 1. The predicted molar refractivity (Wildman–Crippen MR) is 119 cm³/mol. The summed E-state index contributed by atoms with van der Waals surface area (Å²) in [6.07, 6.45) is 0. The first-order valence-corrected chi connectivity index (χ1v) is 10.9. The Morgan fingerprint density at radius 2 is 2.00 bits per heavy atom. The molecule has 162 valence electrons. The Labute approximate surface area is 188 Å². The third-order valence-corrected chi connectivity index (χ3v) is 6.19. The summed E-state index contributed by atoms with van der Waals surface area (Å²) < 4.78 is 16.5. The molecule has 0 saturated carbocycles. The lowest BCUT2D eigenvalue weighted by Gasteiger charge is -2.27. The number of thiophene rings is 1. The Bertz CT molecular complexity index is 1230. The molecule has 8 heteroatoms. The molecule has 3 aromatic rings. The number of anilines is 1. The van der Waals surface area contributed by atoms with Crippen LogP contribution in [0.15, 0.2) is 71.3 Å². The molecule has 3 heterocycles. The van der Waals surface area contributed by atoms with Gasteiger partial charge in [-0.3, -0.25) is 14.5 Å². The summed E-state index contributed by atoms with van der Waals surface area (Å²) in [6, 6.07) is 14.9. The number of carbonyl (C=O) groups excluding carboxylic acids is 2. The third kappa shape index (κ3) is 3.29. The van der Waals surface area contributed by atoms with E-state index in [0.717, 1.165) is 0 Å². The van der Waals surface area contributed by atoms with Crippen LogP contribution >= 0.6 is 11.3 Å². The van der Waals surface area contributed by atoms with Crippen molar-refractivity contribution in [3.8, 4) is 17.2 Å². The largest absolute Gasteiger partial charge is 0.503 e. The van der Waals surface area contributed by atoms with Crippen molar-refractivity contribution in [1.82, 2.24) is 0 Å². The Kier molecular flexibility index (Phi) is 5.07. The highest BCUT2D eigenvalue weighted by Crippen LogP contribution is 2.45. The summed E-state index contributed by atoms with van der Waals surface area (Å²) in [7, 11) is 0. The van der Waals surface area contributed by atoms with Crippen molar-refractivity contribution in [2.75, 3.05) is 18.3 Å². The fourth-order valence-corrected chi connectivity index (χ4v) is 4.61. The number of aliphatic hydroxyl groups excluding tert-OH is 1. The highest BCUT2D eigenvalue weighted by Gasteiger charge is 2.45. The van der Waals surface area contributed by atoms with E-state index >= 15 is 0 Å². The maximum atomic E-state index is 13.4. The van der Waals surface area contributed by atoms with Crippen LogP contribution < -0.4 is 19.1 Å². The second-order valence-corrected chi connectivity index (χ2v) is 8.14. The molecule has 0 bridgehead atoms. The van der Waals surface area contributed by atoms with Gasteiger partial charge in [0, 0.05) is 11.8 Å².